The zero-order chi connectivity index (χ0) is 16.9. The molecule has 2 aromatic heterocycles. The number of H-pyrrole nitrogens is 1. The molecule has 0 bridgehead atoms. The molecule has 122 valence electrons. The quantitative estimate of drug-likeness (QED) is 0.567. The number of fused-ring (bicyclic) bond motifs is 2. The van der Waals surface area contributed by atoms with Crippen molar-refractivity contribution < 1.29 is 12.8 Å². The predicted octanol–water partition coefficient (Wildman–Crippen LogP) is 3.19. The summed E-state index contributed by atoms with van der Waals surface area (Å²) in [4.78, 5) is 17.8. The minimum atomic E-state index is -3.86. The topological polar surface area (TPSA) is 105 Å². The summed E-state index contributed by atoms with van der Waals surface area (Å²) in [6.07, 6.45) is 0. The Morgan fingerprint density at radius 1 is 1.21 bits per heavy atom. The highest BCUT2D eigenvalue weighted by molar-refractivity contribution is 7.93. The van der Waals surface area contributed by atoms with Crippen molar-refractivity contribution in [2.45, 2.75) is 4.90 Å². The van der Waals surface area contributed by atoms with Gasteiger partial charge in [0.1, 0.15) is 0 Å². The number of rotatable bonds is 3. The molecule has 0 unspecified atom stereocenters. The maximum absolute atomic E-state index is 12.5. The van der Waals surface area contributed by atoms with Crippen molar-refractivity contribution in [3.05, 3.63) is 52.0 Å². The molecular weight excluding hydrogens is 374 g/mol. The van der Waals surface area contributed by atoms with E-state index in [1.807, 2.05) is 0 Å². The van der Waals surface area contributed by atoms with Gasteiger partial charge in [-0.15, -0.1) is 0 Å². The van der Waals surface area contributed by atoms with Crippen LogP contribution in [0, 0.1) is 0 Å². The Balaban J connectivity index is 1.73. The minimum absolute atomic E-state index is 0.0324. The molecule has 2 N–H and O–H groups in total. The summed E-state index contributed by atoms with van der Waals surface area (Å²) in [5.74, 6) is -0.643. The molecule has 4 aromatic rings. The van der Waals surface area contributed by atoms with Gasteiger partial charge in [-0.2, -0.15) is 0 Å². The smallest absolute Gasteiger partial charge is 0.408 e. The summed E-state index contributed by atoms with van der Waals surface area (Å²) >= 11 is 7.09. The van der Waals surface area contributed by atoms with Crippen LogP contribution in [-0.4, -0.2) is 18.4 Å². The number of hydrogen-bond donors (Lipinski definition) is 2. The molecule has 0 amide bonds. The highest BCUT2D eigenvalue weighted by Gasteiger charge is 2.18. The molecule has 2 heterocycles. The Morgan fingerprint density at radius 2 is 2.04 bits per heavy atom. The molecule has 0 spiro atoms. The first kappa shape index (κ1) is 15.2. The first-order chi connectivity index (χ1) is 11.4. The average molecular weight is 382 g/mol. The van der Waals surface area contributed by atoms with Crippen LogP contribution >= 0.6 is 22.9 Å². The molecule has 0 saturated carbocycles. The average Bonchev–Trinajstić information content (AvgIpc) is 3.06. The maximum Gasteiger partial charge on any atom is 0.417 e. The van der Waals surface area contributed by atoms with Gasteiger partial charge in [0, 0.05) is 11.1 Å². The first-order valence-electron chi connectivity index (χ1n) is 6.62. The monoisotopic (exact) mass is 381 g/mol. The summed E-state index contributed by atoms with van der Waals surface area (Å²) in [5, 5.41) is 0.774. The predicted molar refractivity (Wildman–Crippen MR) is 92.3 cm³/mol. The van der Waals surface area contributed by atoms with Crippen LogP contribution in [0.15, 0.2) is 50.5 Å². The molecular formula is C14H8ClN3O4S2. The Morgan fingerprint density at radius 3 is 2.88 bits per heavy atom. The summed E-state index contributed by atoms with van der Waals surface area (Å²) < 4.78 is 33.1. The molecule has 0 aliphatic carbocycles. The van der Waals surface area contributed by atoms with E-state index >= 15 is 0 Å². The lowest BCUT2D eigenvalue weighted by Gasteiger charge is -2.04. The van der Waals surface area contributed by atoms with Crippen molar-refractivity contribution in [3.63, 3.8) is 0 Å². The van der Waals surface area contributed by atoms with Crippen LogP contribution in [0.2, 0.25) is 5.02 Å². The van der Waals surface area contributed by atoms with Crippen molar-refractivity contribution >= 4 is 59.4 Å². The van der Waals surface area contributed by atoms with Crippen molar-refractivity contribution in [1.82, 2.24) is 9.97 Å². The standard InChI is InChI=1S/C14H8ClN3O4S2/c15-7-1-3-10-12(5-7)23-13(16-10)18-24(20,21)8-2-4-9-11(6-8)22-14(19)17-9/h1-6H,(H,16,18)(H,17,19). The molecule has 2 aromatic carbocycles. The number of nitrogens with zero attached hydrogens (tertiary/aromatic N) is 1. The van der Waals surface area contributed by atoms with E-state index in [1.54, 1.807) is 18.2 Å². The second-order valence-corrected chi connectivity index (χ2v) is 8.06. The number of anilines is 1. The fraction of sp³-hybridized carbons (Fsp3) is 0. The van der Waals surface area contributed by atoms with E-state index in [1.165, 1.54) is 29.5 Å². The van der Waals surface area contributed by atoms with Gasteiger partial charge in [-0.05, 0) is 30.3 Å². The number of hydrogen-bond acceptors (Lipinski definition) is 6. The molecule has 7 nitrogen and oxygen atoms in total. The molecule has 0 radical (unpaired) electrons. The number of benzene rings is 2. The van der Waals surface area contributed by atoms with Crippen LogP contribution in [0.25, 0.3) is 21.3 Å². The van der Waals surface area contributed by atoms with Crippen molar-refractivity contribution in [2.75, 3.05) is 4.72 Å². The third-order valence-corrected chi connectivity index (χ3v) is 5.91. The number of oxazole rings is 1. The van der Waals surface area contributed by atoms with Crippen molar-refractivity contribution in [1.29, 1.82) is 0 Å². The van der Waals surface area contributed by atoms with Gasteiger partial charge in [-0.3, -0.25) is 9.71 Å². The second-order valence-electron chi connectivity index (χ2n) is 4.91. The van der Waals surface area contributed by atoms with Gasteiger partial charge in [0.05, 0.1) is 20.6 Å². The zero-order valence-corrected chi connectivity index (χ0v) is 14.1. The van der Waals surface area contributed by atoms with Crippen LogP contribution in [0.1, 0.15) is 0 Å². The van der Waals surface area contributed by atoms with E-state index in [4.69, 9.17) is 16.0 Å². The van der Waals surface area contributed by atoms with Crippen molar-refractivity contribution in [3.8, 4) is 0 Å². The van der Waals surface area contributed by atoms with E-state index < -0.39 is 15.8 Å². The molecule has 0 saturated heterocycles. The van der Waals surface area contributed by atoms with E-state index in [9.17, 15) is 13.2 Å². The van der Waals surface area contributed by atoms with Gasteiger partial charge >= 0.3 is 5.76 Å². The Kier molecular flexibility index (Phi) is 3.37. The molecule has 0 fully saturated rings. The van der Waals surface area contributed by atoms with Gasteiger partial charge in [0.25, 0.3) is 10.0 Å². The second kappa shape index (κ2) is 5.33. The molecule has 0 atom stereocenters. The zero-order valence-electron chi connectivity index (χ0n) is 11.7. The number of nitrogens with one attached hydrogen (secondary N) is 2. The largest absolute Gasteiger partial charge is 0.417 e. The van der Waals surface area contributed by atoms with Crippen LogP contribution < -0.4 is 10.5 Å². The third-order valence-electron chi connectivity index (χ3n) is 3.27. The highest BCUT2D eigenvalue weighted by atomic mass is 35.5. The molecule has 10 heteroatoms. The van der Waals surface area contributed by atoms with Gasteiger partial charge in [0.2, 0.25) is 0 Å². The van der Waals surface area contributed by atoms with E-state index in [0.29, 0.717) is 16.1 Å². The Hall–Kier alpha value is -2.36. The highest BCUT2D eigenvalue weighted by Crippen LogP contribution is 2.30. The molecule has 24 heavy (non-hydrogen) atoms. The summed E-state index contributed by atoms with van der Waals surface area (Å²) in [5.41, 5.74) is 1.24. The Labute approximate surface area is 144 Å². The van der Waals surface area contributed by atoms with Crippen LogP contribution in [0.5, 0.6) is 0 Å². The number of halogens is 1. The number of aromatic nitrogens is 2. The molecule has 0 aliphatic heterocycles. The first-order valence-corrected chi connectivity index (χ1v) is 9.30. The van der Waals surface area contributed by atoms with E-state index in [0.717, 1.165) is 4.70 Å². The van der Waals surface area contributed by atoms with Gasteiger partial charge in [-0.25, -0.2) is 18.2 Å². The summed E-state index contributed by atoms with van der Waals surface area (Å²) in [6, 6.07) is 9.23. The fourth-order valence-electron chi connectivity index (χ4n) is 2.21. The normalized spacial score (nSPS) is 12.0. The third kappa shape index (κ3) is 2.66. The number of aromatic amines is 1. The van der Waals surface area contributed by atoms with E-state index in [2.05, 4.69) is 14.7 Å². The lowest BCUT2D eigenvalue weighted by Crippen LogP contribution is -2.12. The lowest BCUT2D eigenvalue weighted by molar-refractivity contribution is 0.554. The SMILES string of the molecule is O=c1[nH]c2ccc(S(=O)(=O)Nc3nc4ccc(Cl)cc4s3)cc2o1. The van der Waals surface area contributed by atoms with Crippen LogP contribution in [-0.2, 0) is 10.0 Å². The van der Waals surface area contributed by atoms with E-state index in [-0.39, 0.29) is 15.6 Å². The van der Waals surface area contributed by atoms with Gasteiger partial charge in [-0.1, -0.05) is 22.9 Å². The van der Waals surface area contributed by atoms with Gasteiger partial charge < -0.3 is 4.42 Å². The number of sulfonamides is 1. The lowest BCUT2D eigenvalue weighted by atomic mass is 10.3. The minimum Gasteiger partial charge on any atom is -0.408 e. The fourth-order valence-corrected chi connectivity index (χ4v) is 4.60. The number of thiazole rings is 1. The summed E-state index contributed by atoms with van der Waals surface area (Å²) in [7, 11) is -3.86. The van der Waals surface area contributed by atoms with Crippen LogP contribution in [0.4, 0.5) is 5.13 Å². The van der Waals surface area contributed by atoms with Crippen LogP contribution in [0.3, 0.4) is 0 Å². The maximum atomic E-state index is 12.5. The van der Waals surface area contributed by atoms with Crippen molar-refractivity contribution in [2.24, 2.45) is 0 Å². The molecule has 0 aliphatic rings. The Bertz CT molecular complexity index is 1240. The molecule has 4 rings (SSSR count). The van der Waals surface area contributed by atoms with Gasteiger partial charge in [0.15, 0.2) is 10.7 Å². The summed E-state index contributed by atoms with van der Waals surface area (Å²) in [6.45, 7) is 0.